The average molecular weight is 390 g/mol. The Hall–Kier alpha value is -0.760. The predicted octanol–water partition coefficient (Wildman–Crippen LogP) is 7.22. The Morgan fingerprint density at radius 1 is 1.11 bits per heavy atom. The summed E-state index contributed by atoms with van der Waals surface area (Å²) in [6.45, 7) is 20.0. The monoisotopic (exact) mass is 389 g/mol. The molecule has 162 valence electrons. The molecule has 2 aliphatic carbocycles. The molecule has 0 radical (unpaired) electrons. The minimum absolute atomic E-state index is 0.400. The maximum atomic E-state index is 6.20. The standard InChI is InChI=1S/C26H47NO/c1-7-17-27(20-22-11-9-8-10-12-22)18-19-28-24-15-13-23(14-16-24)26(5,6)21-25(2,3)4/h7,15,22-23H,1,8-14,16-21H2,2-6H3. The first-order chi connectivity index (χ1) is 13.2. The van der Waals surface area contributed by atoms with E-state index in [1.807, 2.05) is 6.08 Å². The Morgan fingerprint density at radius 3 is 2.39 bits per heavy atom. The van der Waals surface area contributed by atoms with Crippen molar-refractivity contribution in [2.24, 2.45) is 22.7 Å². The second-order valence-electron chi connectivity index (χ2n) is 11.3. The molecule has 0 N–H and O–H groups in total. The third kappa shape index (κ3) is 8.31. The van der Waals surface area contributed by atoms with E-state index in [9.17, 15) is 0 Å². The maximum absolute atomic E-state index is 6.20. The summed E-state index contributed by atoms with van der Waals surface area (Å²) in [6.07, 6.45) is 16.4. The lowest BCUT2D eigenvalue weighted by atomic mass is 9.65. The number of rotatable bonds is 10. The number of hydrogen-bond acceptors (Lipinski definition) is 2. The molecule has 0 bridgehead atoms. The zero-order chi connectivity index (χ0) is 20.6. The molecule has 0 aromatic carbocycles. The number of hydrogen-bond donors (Lipinski definition) is 0. The van der Waals surface area contributed by atoms with E-state index in [4.69, 9.17) is 4.74 Å². The first kappa shape index (κ1) is 23.5. The molecule has 0 aliphatic heterocycles. The Labute approximate surface area is 175 Å². The molecule has 1 unspecified atom stereocenters. The largest absolute Gasteiger partial charge is 0.497 e. The fraction of sp³-hybridized carbons (Fsp3) is 0.846. The molecule has 0 aromatic heterocycles. The highest BCUT2D eigenvalue weighted by atomic mass is 16.5. The molecule has 2 heteroatoms. The molecule has 0 saturated heterocycles. The maximum Gasteiger partial charge on any atom is 0.100 e. The van der Waals surface area contributed by atoms with Crippen molar-refractivity contribution < 1.29 is 4.74 Å². The molecule has 0 heterocycles. The lowest BCUT2D eigenvalue weighted by Gasteiger charge is -2.40. The quantitative estimate of drug-likeness (QED) is 0.366. The lowest BCUT2D eigenvalue weighted by molar-refractivity contribution is 0.0990. The summed E-state index contributed by atoms with van der Waals surface area (Å²) in [6, 6.07) is 0. The normalized spacial score (nSPS) is 22.2. The summed E-state index contributed by atoms with van der Waals surface area (Å²) < 4.78 is 6.20. The van der Waals surface area contributed by atoms with Gasteiger partial charge in [-0.3, -0.25) is 4.90 Å². The van der Waals surface area contributed by atoms with Crippen LogP contribution in [0, 0.1) is 22.7 Å². The van der Waals surface area contributed by atoms with Crippen LogP contribution in [0.1, 0.15) is 92.4 Å². The Morgan fingerprint density at radius 2 is 1.82 bits per heavy atom. The van der Waals surface area contributed by atoms with Gasteiger partial charge in [0.2, 0.25) is 0 Å². The second kappa shape index (κ2) is 10.9. The zero-order valence-electron chi connectivity index (χ0n) is 19.6. The van der Waals surface area contributed by atoms with Crippen molar-refractivity contribution >= 4 is 0 Å². The highest BCUT2D eigenvalue weighted by Gasteiger charge is 2.34. The lowest BCUT2D eigenvalue weighted by Crippen LogP contribution is -2.34. The van der Waals surface area contributed by atoms with Crippen LogP contribution in [-0.4, -0.2) is 31.1 Å². The Balaban J connectivity index is 1.74. The van der Waals surface area contributed by atoms with Gasteiger partial charge in [-0.1, -0.05) is 60.0 Å². The van der Waals surface area contributed by atoms with Crippen molar-refractivity contribution in [3.63, 3.8) is 0 Å². The fourth-order valence-corrected chi connectivity index (χ4v) is 5.64. The highest BCUT2D eigenvalue weighted by molar-refractivity contribution is 5.02. The van der Waals surface area contributed by atoms with E-state index in [-0.39, 0.29) is 0 Å². The molecule has 2 rings (SSSR count). The highest BCUT2D eigenvalue weighted by Crippen LogP contribution is 2.44. The summed E-state index contributed by atoms with van der Waals surface area (Å²) in [5, 5.41) is 0. The van der Waals surface area contributed by atoms with E-state index in [0.717, 1.165) is 38.0 Å². The van der Waals surface area contributed by atoms with Gasteiger partial charge in [0.1, 0.15) is 6.61 Å². The van der Waals surface area contributed by atoms with Crippen molar-refractivity contribution in [2.75, 3.05) is 26.2 Å². The van der Waals surface area contributed by atoms with Crippen LogP contribution in [0.25, 0.3) is 0 Å². The first-order valence-electron chi connectivity index (χ1n) is 11.8. The summed E-state index contributed by atoms with van der Waals surface area (Å²) in [7, 11) is 0. The van der Waals surface area contributed by atoms with Crippen LogP contribution in [-0.2, 0) is 4.74 Å². The average Bonchev–Trinajstić information content (AvgIpc) is 2.61. The molecule has 28 heavy (non-hydrogen) atoms. The van der Waals surface area contributed by atoms with Crippen molar-refractivity contribution in [2.45, 2.75) is 92.4 Å². The fourth-order valence-electron chi connectivity index (χ4n) is 5.64. The van der Waals surface area contributed by atoms with Gasteiger partial charge in [0, 0.05) is 26.1 Å². The van der Waals surface area contributed by atoms with Crippen molar-refractivity contribution in [1.29, 1.82) is 0 Å². The van der Waals surface area contributed by atoms with Crippen LogP contribution in [0.3, 0.4) is 0 Å². The van der Waals surface area contributed by atoms with Gasteiger partial charge in [0.05, 0.1) is 5.76 Å². The topological polar surface area (TPSA) is 12.5 Å². The molecule has 0 spiro atoms. The van der Waals surface area contributed by atoms with Gasteiger partial charge in [-0.2, -0.15) is 0 Å². The minimum Gasteiger partial charge on any atom is -0.497 e. The van der Waals surface area contributed by atoms with Crippen LogP contribution < -0.4 is 0 Å². The molecule has 2 aliphatic rings. The summed E-state index contributed by atoms with van der Waals surface area (Å²) >= 11 is 0. The van der Waals surface area contributed by atoms with E-state index >= 15 is 0 Å². The van der Waals surface area contributed by atoms with E-state index in [1.54, 1.807) is 0 Å². The van der Waals surface area contributed by atoms with Crippen LogP contribution in [0.5, 0.6) is 0 Å². The van der Waals surface area contributed by atoms with Gasteiger partial charge in [-0.15, -0.1) is 6.58 Å². The van der Waals surface area contributed by atoms with Gasteiger partial charge in [0.15, 0.2) is 0 Å². The van der Waals surface area contributed by atoms with Gasteiger partial charge < -0.3 is 4.74 Å². The third-order valence-electron chi connectivity index (χ3n) is 6.78. The zero-order valence-corrected chi connectivity index (χ0v) is 19.6. The van der Waals surface area contributed by atoms with Crippen molar-refractivity contribution in [1.82, 2.24) is 4.90 Å². The molecule has 0 amide bonds. The minimum atomic E-state index is 0.400. The predicted molar refractivity (Wildman–Crippen MR) is 122 cm³/mol. The van der Waals surface area contributed by atoms with E-state index in [1.165, 1.54) is 63.7 Å². The molecule has 0 aromatic rings. The number of ether oxygens (including phenoxy) is 1. The van der Waals surface area contributed by atoms with Crippen LogP contribution in [0.2, 0.25) is 0 Å². The SMILES string of the molecule is C=CCN(CCOC1=CCC(C(C)(C)CC(C)(C)C)CC1)CC1CCCCC1. The Bertz CT molecular complexity index is 493. The second-order valence-corrected chi connectivity index (χ2v) is 11.3. The van der Waals surface area contributed by atoms with Gasteiger partial charge >= 0.3 is 0 Å². The summed E-state index contributed by atoms with van der Waals surface area (Å²) in [4.78, 5) is 2.54. The smallest absolute Gasteiger partial charge is 0.100 e. The molecule has 1 saturated carbocycles. The molecular formula is C26H47NO. The summed E-state index contributed by atoms with van der Waals surface area (Å²) in [5.41, 5.74) is 0.804. The van der Waals surface area contributed by atoms with Gasteiger partial charge in [-0.05, 0) is 60.8 Å². The molecule has 1 atom stereocenters. The van der Waals surface area contributed by atoms with Gasteiger partial charge in [0.25, 0.3) is 0 Å². The van der Waals surface area contributed by atoms with Gasteiger partial charge in [-0.25, -0.2) is 0 Å². The van der Waals surface area contributed by atoms with Crippen LogP contribution in [0.4, 0.5) is 0 Å². The van der Waals surface area contributed by atoms with E-state index < -0.39 is 0 Å². The molecule has 2 nitrogen and oxygen atoms in total. The summed E-state index contributed by atoms with van der Waals surface area (Å²) in [5.74, 6) is 2.90. The van der Waals surface area contributed by atoms with E-state index in [2.05, 4.69) is 52.2 Å². The van der Waals surface area contributed by atoms with Crippen LogP contribution >= 0.6 is 0 Å². The number of allylic oxidation sites excluding steroid dienone is 2. The van der Waals surface area contributed by atoms with E-state index in [0.29, 0.717) is 10.8 Å². The van der Waals surface area contributed by atoms with Crippen molar-refractivity contribution in [3.8, 4) is 0 Å². The third-order valence-corrected chi connectivity index (χ3v) is 6.78. The van der Waals surface area contributed by atoms with Crippen molar-refractivity contribution in [3.05, 3.63) is 24.5 Å². The van der Waals surface area contributed by atoms with Crippen LogP contribution in [0.15, 0.2) is 24.5 Å². The molecule has 1 fully saturated rings. The number of nitrogens with zero attached hydrogens (tertiary/aromatic N) is 1. The first-order valence-corrected chi connectivity index (χ1v) is 11.8. The molecular weight excluding hydrogens is 342 g/mol. The Kier molecular flexibility index (Phi) is 9.12.